The molecule has 0 aliphatic rings. The Morgan fingerprint density at radius 3 is 2.53 bits per heavy atom. The minimum atomic E-state index is -0.284. The molecule has 3 aromatic rings. The van der Waals surface area contributed by atoms with Gasteiger partial charge in [-0.2, -0.15) is 0 Å². The van der Waals surface area contributed by atoms with Gasteiger partial charge in [-0.15, -0.1) is 0 Å². The standard InChI is InChI=1S/C16H12FO2/c1-2-13-14-9-12(18)7-8-15(14)19-16(13)10-3-5-11(17)6-4-10/h3-9,18H,1-2H2. The predicted molar refractivity (Wildman–Crippen MR) is 72.3 cm³/mol. The van der Waals surface area contributed by atoms with Gasteiger partial charge in [0.1, 0.15) is 22.9 Å². The Bertz CT molecular complexity index is 726. The maximum atomic E-state index is 13.0. The van der Waals surface area contributed by atoms with Crippen LogP contribution in [0.1, 0.15) is 5.56 Å². The van der Waals surface area contributed by atoms with Crippen molar-refractivity contribution in [2.45, 2.75) is 6.42 Å². The first-order valence-corrected chi connectivity index (χ1v) is 5.98. The number of phenolic OH excluding ortho intramolecular Hbond substituents is 1. The van der Waals surface area contributed by atoms with E-state index in [9.17, 15) is 9.50 Å². The molecule has 1 N–H and O–H groups in total. The average Bonchev–Trinajstić information content (AvgIpc) is 2.77. The number of hydrogen-bond donors (Lipinski definition) is 1. The topological polar surface area (TPSA) is 33.4 Å². The van der Waals surface area contributed by atoms with Crippen molar-refractivity contribution < 1.29 is 13.9 Å². The van der Waals surface area contributed by atoms with Gasteiger partial charge < -0.3 is 9.52 Å². The number of furan rings is 1. The van der Waals surface area contributed by atoms with Crippen molar-refractivity contribution >= 4 is 11.0 Å². The lowest BCUT2D eigenvalue weighted by Gasteiger charge is -2.00. The average molecular weight is 255 g/mol. The molecule has 1 heterocycles. The molecule has 3 rings (SSSR count). The highest BCUT2D eigenvalue weighted by molar-refractivity contribution is 5.89. The molecule has 3 heteroatoms. The van der Waals surface area contributed by atoms with Gasteiger partial charge in [0.05, 0.1) is 0 Å². The largest absolute Gasteiger partial charge is 0.508 e. The highest BCUT2D eigenvalue weighted by atomic mass is 19.1. The van der Waals surface area contributed by atoms with E-state index in [4.69, 9.17) is 4.42 Å². The van der Waals surface area contributed by atoms with Crippen LogP contribution in [-0.2, 0) is 6.42 Å². The van der Waals surface area contributed by atoms with Gasteiger partial charge in [-0.05, 0) is 55.8 Å². The van der Waals surface area contributed by atoms with Crippen molar-refractivity contribution in [3.63, 3.8) is 0 Å². The molecule has 0 unspecified atom stereocenters. The zero-order chi connectivity index (χ0) is 13.4. The van der Waals surface area contributed by atoms with E-state index in [2.05, 4.69) is 6.92 Å². The van der Waals surface area contributed by atoms with E-state index in [0.717, 1.165) is 16.5 Å². The Morgan fingerprint density at radius 1 is 1.11 bits per heavy atom. The first-order valence-electron chi connectivity index (χ1n) is 5.98. The number of fused-ring (bicyclic) bond motifs is 1. The number of hydrogen-bond acceptors (Lipinski definition) is 2. The van der Waals surface area contributed by atoms with Crippen LogP contribution in [0.25, 0.3) is 22.3 Å². The summed E-state index contributed by atoms with van der Waals surface area (Å²) in [5.74, 6) is 0.581. The molecule has 0 aliphatic carbocycles. The molecular formula is C16H12FO2. The molecule has 0 saturated heterocycles. The van der Waals surface area contributed by atoms with Crippen molar-refractivity contribution in [3.05, 3.63) is 60.8 Å². The molecule has 2 aromatic carbocycles. The van der Waals surface area contributed by atoms with Crippen LogP contribution >= 0.6 is 0 Å². The third-order valence-electron chi connectivity index (χ3n) is 3.13. The molecule has 0 bridgehead atoms. The first-order chi connectivity index (χ1) is 9.19. The second-order valence-corrected chi connectivity index (χ2v) is 4.35. The molecule has 19 heavy (non-hydrogen) atoms. The molecule has 0 fully saturated rings. The maximum Gasteiger partial charge on any atom is 0.138 e. The number of phenols is 1. The first kappa shape index (κ1) is 11.8. The van der Waals surface area contributed by atoms with Gasteiger partial charge in [-0.1, -0.05) is 0 Å². The molecule has 0 spiro atoms. The van der Waals surface area contributed by atoms with Gasteiger partial charge in [-0.3, -0.25) is 0 Å². The highest BCUT2D eigenvalue weighted by Gasteiger charge is 2.14. The predicted octanol–water partition coefficient (Wildman–Crippen LogP) is 4.32. The molecule has 2 nitrogen and oxygen atoms in total. The van der Waals surface area contributed by atoms with Crippen LogP contribution in [0, 0.1) is 12.7 Å². The van der Waals surface area contributed by atoms with Crippen LogP contribution in [0.3, 0.4) is 0 Å². The van der Waals surface area contributed by atoms with Crippen molar-refractivity contribution in [2.24, 2.45) is 0 Å². The van der Waals surface area contributed by atoms with Gasteiger partial charge >= 0.3 is 0 Å². The lowest BCUT2D eigenvalue weighted by atomic mass is 10.0. The lowest BCUT2D eigenvalue weighted by molar-refractivity contribution is 0.476. The van der Waals surface area contributed by atoms with Crippen LogP contribution in [0.15, 0.2) is 46.9 Å². The van der Waals surface area contributed by atoms with Crippen molar-refractivity contribution in [2.75, 3.05) is 0 Å². The summed E-state index contributed by atoms with van der Waals surface area (Å²) in [6, 6.07) is 11.1. The summed E-state index contributed by atoms with van der Waals surface area (Å²) in [4.78, 5) is 0. The maximum absolute atomic E-state index is 13.0. The summed E-state index contributed by atoms with van der Waals surface area (Å²) in [5.41, 5.74) is 2.41. The molecule has 1 radical (unpaired) electrons. The third-order valence-corrected chi connectivity index (χ3v) is 3.13. The Morgan fingerprint density at radius 2 is 1.84 bits per heavy atom. The smallest absolute Gasteiger partial charge is 0.138 e. The third kappa shape index (κ3) is 1.97. The molecular weight excluding hydrogens is 243 g/mol. The molecule has 0 saturated carbocycles. The Balaban J connectivity index is 2.25. The summed E-state index contributed by atoms with van der Waals surface area (Å²) in [7, 11) is 0. The van der Waals surface area contributed by atoms with Gasteiger partial charge in [0.15, 0.2) is 0 Å². The van der Waals surface area contributed by atoms with Crippen molar-refractivity contribution in [1.29, 1.82) is 0 Å². The zero-order valence-electron chi connectivity index (χ0n) is 10.2. The fourth-order valence-electron chi connectivity index (χ4n) is 2.22. The number of rotatable bonds is 2. The van der Waals surface area contributed by atoms with Crippen LogP contribution < -0.4 is 0 Å². The molecule has 95 valence electrons. The fourth-order valence-corrected chi connectivity index (χ4v) is 2.22. The monoisotopic (exact) mass is 255 g/mol. The van der Waals surface area contributed by atoms with E-state index in [1.807, 2.05) is 0 Å². The van der Waals surface area contributed by atoms with Crippen molar-refractivity contribution in [3.8, 4) is 17.1 Å². The summed E-state index contributed by atoms with van der Waals surface area (Å²) < 4.78 is 18.8. The highest BCUT2D eigenvalue weighted by Crippen LogP contribution is 2.35. The summed E-state index contributed by atoms with van der Waals surface area (Å²) in [6.45, 7) is 3.90. The number of benzene rings is 2. The second-order valence-electron chi connectivity index (χ2n) is 4.35. The fraction of sp³-hybridized carbons (Fsp3) is 0.0625. The minimum absolute atomic E-state index is 0.189. The van der Waals surface area contributed by atoms with Gasteiger partial charge in [0.2, 0.25) is 0 Å². The lowest BCUT2D eigenvalue weighted by Crippen LogP contribution is -1.83. The van der Waals surface area contributed by atoms with Crippen LogP contribution in [-0.4, -0.2) is 5.11 Å². The van der Waals surface area contributed by atoms with E-state index in [-0.39, 0.29) is 11.6 Å². The second kappa shape index (κ2) is 4.43. The van der Waals surface area contributed by atoms with Crippen LogP contribution in [0.4, 0.5) is 4.39 Å². The molecule has 0 amide bonds. The normalized spacial score (nSPS) is 11.1. The summed E-state index contributed by atoms with van der Waals surface area (Å²) in [5, 5.41) is 10.4. The van der Waals surface area contributed by atoms with Gasteiger partial charge in [0.25, 0.3) is 0 Å². The summed E-state index contributed by atoms with van der Waals surface area (Å²) in [6.07, 6.45) is 0.531. The molecule has 0 atom stereocenters. The van der Waals surface area contributed by atoms with E-state index in [1.54, 1.807) is 30.3 Å². The van der Waals surface area contributed by atoms with E-state index < -0.39 is 0 Å². The molecule has 0 aliphatic heterocycles. The quantitative estimate of drug-likeness (QED) is 0.739. The zero-order valence-corrected chi connectivity index (χ0v) is 10.2. The minimum Gasteiger partial charge on any atom is -0.508 e. The van der Waals surface area contributed by atoms with Crippen LogP contribution in [0.5, 0.6) is 5.75 Å². The Hall–Kier alpha value is -2.29. The van der Waals surface area contributed by atoms with Gasteiger partial charge in [-0.25, -0.2) is 4.39 Å². The van der Waals surface area contributed by atoms with Gasteiger partial charge in [0, 0.05) is 16.5 Å². The SMILES string of the molecule is [CH2]Cc1c(-c2ccc(F)cc2)oc2ccc(O)cc12. The van der Waals surface area contributed by atoms with E-state index >= 15 is 0 Å². The van der Waals surface area contributed by atoms with Crippen molar-refractivity contribution in [1.82, 2.24) is 0 Å². The Labute approximate surface area is 110 Å². The number of aromatic hydroxyl groups is 1. The molecule has 1 aromatic heterocycles. The van der Waals surface area contributed by atoms with Crippen LogP contribution in [0.2, 0.25) is 0 Å². The van der Waals surface area contributed by atoms with E-state index in [1.165, 1.54) is 12.1 Å². The number of halogens is 1. The summed E-state index contributed by atoms with van der Waals surface area (Å²) >= 11 is 0. The Kier molecular flexibility index (Phi) is 2.75. The van der Waals surface area contributed by atoms with E-state index in [0.29, 0.717) is 17.8 Å².